The van der Waals surface area contributed by atoms with Crippen LogP contribution in [0.15, 0.2) is 57.2 Å². The molecule has 0 radical (unpaired) electrons. The van der Waals surface area contributed by atoms with Crippen molar-refractivity contribution in [3.05, 3.63) is 72.4 Å². The predicted octanol–water partition coefficient (Wildman–Crippen LogP) is 2.12. The number of H-pyrrole nitrogens is 1. The number of aromatic amines is 1. The van der Waals surface area contributed by atoms with Gasteiger partial charge in [0.2, 0.25) is 0 Å². The Kier molecular flexibility index (Phi) is 5.93. The standard InChI is InChI=1S/C19H16IN3O5/c1-11(18(25)27-2)28-16-8-7-12(9-14(16)20)10-21-23-17(24)13-5-3-4-6-15(13)22-19(23)26/h3-11H,1-2H3,(H,22,26)/t11-/m0/s1. The summed E-state index contributed by atoms with van der Waals surface area (Å²) in [6.07, 6.45) is 0.661. The fraction of sp³-hybridized carbons (Fsp3) is 0.158. The molecule has 0 saturated heterocycles. The summed E-state index contributed by atoms with van der Waals surface area (Å²) in [4.78, 5) is 38.7. The quantitative estimate of drug-likeness (QED) is 0.333. The van der Waals surface area contributed by atoms with E-state index in [-0.39, 0.29) is 0 Å². The molecule has 0 aliphatic carbocycles. The van der Waals surface area contributed by atoms with E-state index in [0.717, 1.165) is 8.25 Å². The molecule has 0 saturated carbocycles. The fourth-order valence-corrected chi connectivity index (χ4v) is 3.15. The molecular weight excluding hydrogens is 477 g/mol. The highest BCUT2D eigenvalue weighted by molar-refractivity contribution is 14.1. The normalized spacial score (nSPS) is 12.2. The Morgan fingerprint density at radius 3 is 2.71 bits per heavy atom. The molecule has 2 aromatic carbocycles. The van der Waals surface area contributed by atoms with Crippen molar-refractivity contribution in [1.82, 2.24) is 9.66 Å². The highest BCUT2D eigenvalue weighted by Crippen LogP contribution is 2.23. The SMILES string of the molecule is COC(=O)[C@H](C)Oc1ccc(C=Nn2c(=O)[nH]c3ccccc3c2=O)cc1I. The fourth-order valence-electron chi connectivity index (χ4n) is 2.48. The Balaban J connectivity index is 1.88. The second-order valence-electron chi connectivity index (χ2n) is 5.81. The van der Waals surface area contributed by atoms with E-state index in [1.54, 1.807) is 49.4 Å². The summed E-state index contributed by atoms with van der Waals surface area (Å²) < 4.78 is 11.7. The second-order valence-corrected chi connectivity index (χ2v) is 6.97. The van der Waals surface area contributed by atoms with Crippen LogP contribution >= 0.6 is 22.6 Å². The van der Waals surface area contributed by atoms with Crippen LogP contribution in [-0.2, 0) is 9.53 Å². The van der Waals surface area contributed by atoms with Crippen LogP contribution < -0.4 is 16.0 Å². The number of hydrogen-bond acceptors (Lipinski definition) is 6. The summed E-state index contributed by atoms with van der Waals surface area (Å²) in [5.41, 5.74) is -0.0136. The zero-order valence-electron chi connectivity index (χ0n) is 15.0. The first kappa shape index (κ1) is 19.8. The van der Waals surface area contributed by atoms with Crippen molar-refractivity contribution in [3.63, 3.8) is 0 Å². The zero-order valence-corrected chi connectivity index (χ0v) is 17.2. The third-order valence-electron chi connectivity index (χ3n) is 3.90. The smallest absolute Gasteiger partial charge is 0.349 e. The second kappa shape index (κ2) is 8.38. The molecule has 0 fully saturated rings. The number of carbonyl (C=O) groups excluding carboxylic acids is 1. The monoisotopic (exact) mass is 493 g/mol. The van der Waals surface area contributed by atoms with Gasteiger partial charge in [-0.1, -0.05) is 12.1 Å². The van der Waals surface area contributed by atoms with Crippen molar-refractivity contribution in [1.29, 1.82) is 0 Å². The maximum Gasteiger partial charge on any atom is 0.349 e. The minimum absolute atomic E-state index is 0.370. The van der Waals surface area contributed by atoms with Gasteiger partial charge in [-0.15, -0.1) is 4.68 Å². The topological polar surface area (TPSA) is 103 Å². The molecule has 1 atom stereocenters. The van der Waals surface area contributed by atoms with Crippen LogP contribution in [-0.4, -0.2) is 35.1 Å². The number of para-hydroxylation sites is 1. The van der Waals surface area contributed by atoms with E-state index in [1.807, 2.05) is 0 Å². The number of fused-ring (bicyclic) bond motifs is 1. The maximum absolute atomic E-state index is 12.5. The Bertz CT molecular complexity index is 1180. The van der Waals surface area contributed by atoms with Crippen LogP contribution in [0.3, 0.4) is 0 Å². The van der Waals surface area contributed by atoms with E-state index < -0.39 is 23.3 Å². The van der Waals surface area contributed by atoms with Gasteiger partial charge in [0.15, 0.2) is 6.10 Å². The van der Waals surface area contributed by atoms with Gasteiger partial charge in [-0.2, -0.15) is 5.10 Å². The third kappa shape index (κ3) is 4.14. The number of ether oxygens (including phenoxy) is 2. The molecule has 1 aromatic heterocycles. The number of carbonyl (C=O) groups is 1. The van der Waals surface area contributed by atoms with E-state index in [9.17, 15) is 14.4 Å². The molecule has 0 unspecified atom stereocenters. The molecule has 144 valence electrons. The van der Waals surface area contributed by atoms with Gasteiger partial charge in [0, 0.05) is 0 Å². The van der Waals surface area contributed by atoms with E-state index in [2.05, 4.69) is 37.4 Å². The summed E-state index contributed by atoms with van der Waals surface area (Å²) in [5, 5.41) is 4.39. The molecule has 3 rings (SSSR count). The van der Waals surface area contributed by atoms with E-state index in [0.29, 0.717) is 22.2 Å². The maximum atomic E-state index is 12.5. The third-order valence-corrected chi connectivity index (χ3v) is 4.74. The average molecular weight is 493 g/mol. The van der Waals surface area contributed by atoms with Gasteiger partial charge in [-0.25, -0.2) is 9.59 Å². The molecule has 3 aromatic rings. The number of nitrogens with one attached hydrogen (secondary N) is 1. The van der Waals surface area contributed by atoms with Crippen molar-refractivity contribution in [2.24, 2.45) is 5.10 Å². The number of rotatable bonds is 5. The lowest BCUT2D eigenvalue weighted by atomic mass is 10.2. The van der Waals surface area contributed by atoms with Crippen LogP contribution in [0.4, 0.5) is 0 Å². The number of benzene rings is 2. The minimum Gasteiger partial charge on any atom is -0.478 e. The van der Waals surface area contributed by atoms with Gasteiger partial charge < -0.3 is 14.5 Å². The van der Waals surface area contributed by atoms with Crippen molar-refractivity contribution in [3.8, 4) is 5.75 Å². The highest BCUT2D eigenvalue weighted by atomic mass is 127. The number of halogens is 1. The van der Waals surface area contributed by atoms with Gasteiger partial charge in [-0.05, 0) is 65.4 Å². The zero-order chi connectivity index (χ0) is 20.3. The number of nitrogens with zero attached hydrogens (tertiary/aromatic N) is 2. The molecule has 0 spiro atoms. The van der Waals surface area contributed by atoms with Gasteiger partial charge in [-0.3, -0.25) is 4.79 Å². The minimum atomic E-state index is -0.743. The molecule has 0 aliphatic heterocycles. The number of methoxy groups -OCH3 is 1. The summed E-state index contributed by atoms with van der Waals surface area (Å²) in [6, 6.07) is 11.9. The van der Waals surface area contributed by atoms with Gasteiger partial charge >= 0.3 is 11.7 Å². The summed E-state index contributed by atoms with van der Waals surface area (Å²) in [6.45, 7) is 1.59. The molecule has 28 heavy (non-hydrogen) atoms. The van der Waals surface area contributed by atoms with Crippen LogP contribution in [0.5, 0.6) is 5.75 Å². The first-order valence-corrected chi connectivity index (χ1v) is 9.31. The van der Waals surface area contributed by atoms with Gasteiger partial charge in [0.25, 0.3) is 5.56 Å². The molecule has 0 bridgehead atoms. The average Bonchev–Trinajstić information content (AvgIpc) is 2.69. The van der Waals surface area contributed by atoms with E-state index in [1.165, 1.54) is 13.3 Å². The van der Waals surface area contributed by atoms with E-state index >= 15 is 0 Å². The molecule has 0 aliphatic rings. The Labute approximate surface area is 172 Å². The lowest BCUT2D eigenvalue weighted by Gasteiger charge is -2.13. The Hall–Kier alpha value is -2.95. The summed E-state index contributed by atoms with van der Waals surface area (Å²) in [5.74, 6) is 0.0349. The highest BCUT2D eigenvalue weighted by Gasteiger charge is 2.16. The number of aromatic nitrogens is 2. The van der Waals surface area contributed by atoms with Crippen LogP contribution in [0.1, 0.15) is 12.5 Å². The summed E-state index contributed by atoms with van der Waals surface area (Å²) in [7, 11) is 1.29. The molecule has 8 nitrogen and oxygen atoms in total. The summed E-state index contributed by atoms with van der Waals surface area (Å²) >= 11 is 2.06. The largest absolute Gasteiger partial charge is 0.478 e. The van der Waals surface area contributed by atoms with Crippen molar-refractivity contribution in [2.75, 3.05) is 7.11 Å². The van der Waals surface area contributed by atoms with E-state index in [4.69, 9.17) is 4.74 Å². The number of esters is 1. The Morgan fingerprint density at radius 1 is 1.25 bits per heavy atom. The molecular formula is C19H16IN3O5. The van der Waals surface area contributed by atoms with Crippen molar-refractivity contribution in [2.45, 2.75) is 13.0 Å². The van der Waals surface area contributed by atoms with Crippen LogP contribution in [0.25, 0.3) is 10.9 Å². The lowest BCUT2D eigenvalue weighted by molar-refractivity contribution is -0.147. The first-order valence-electron chi connectivity index (χ1n) is 8.23. The molecule has 1 N–H and O–H groups in total. The van der Waals surface area contributed by atoms with Gasteiger partial charge in [0.05, 0.1) is 27.8 Å². The first-order chi connectivity index (χ1) is 13.4. The molecule has 0 amide bonds. The number of hydrogen-bond donors (Lipinski definition) is 1. The molecule has 1 heterocycles. The van der Waals surface area contributed by atoms with Crippen LogP contribution in [0, 0.1) is 3.57 Å². The van der Waals surface area contributed by atoms with Crippen molar-refractivity contribution >= 4 is 45.7 Å². The Morgan fingerprint density at radius 2 is 2.00 bits per heavy atom. The van der Waals surface area contributed by atoms with Crippen molar-refractivity contribution < 1.29 is 14.3 Å². The molecule has 9 heteroatoms. The lowest BCUT2D eigenvalue weighted by Crippen LogP contribution is -2.32. The van der Waals surface area contributed by atoms with Crippen LogP contribution in [0.2, 0.25) is 0 Å². The van der Waals surface area contributed by atoms with Gasteiger partial charge in [0.1, 0.15) is 5.75 Å². The predicted molar refractivity (Wildman–Crippen MR) is 113 cm³/mol.